The molecule has 0 radical (unpaired) electrons. The van der Waals surface area contributed by atoms with E-state index in [0.717, 1.165) is 6.54 Å². The molecule has 1 saturated carbocycles. The average molecular weight is 267 g/mol. The number of nitrogens with zero attached hydrogens (tertiary/aromatic N) is 2. The molecule has 2 fully saturated rings. The Kier molecular flexibility index (Phi) is 6.11. The number of hydrogen-bond donors (Lipinski definition) is 1. The summed E-state index contributed by atoms with van der Waals surface area (Å²) in [6.07, 6.45) is 10.9. The Morgan fingerprint density at radius 1 is 1.00 bits per heavy atom. The van der Waals surface area contributed by atoms with E-state index in [1.165, 1.54) is 84.1 Å². The molecule has 0 amide bonds. The summed E-state index contributed by atoms with van der Waals surface area (Å²) in [5.41, 5.74) is 6.53. The SMILES string of the molecule is CCCN(CCN1CCCC1)C1(CN)CCCCC1. The monoisotopic (exact) mass is 267 g/mol. The van der Waals surface area contributed by atoms with Gasteiger partial charge >= 0.3 is 0 Å². The van der Waals surface area contributed by atoms with Crippen molar-refractivity contribution < 1.29 is 0 Å². The van der Waals surface area contributed by atoms with E-state index in [0.29, 0.717) is 5.54 Å². The average Bonchev–Trinajstić information content (AvgIpc) is 2.97. The Morgan fingerprint density at radius 2 is 1.68 bits per heavy atom. The zero-order valence-electron chi connectivity index (χ0n) is 12.9. The van der Waals surface area contributed by atoms with Crippen LogP contribution in [-0.2, 0) is 0 Å². The van der Waals surface area contributed by atoms with E-state index >= 15 is 0 Å². The van der Waals surface area contributed by atoms with E-state index < -0.39 is 0 Å². The van der Waals surface area contributed by atoms with Crippen LogP contribution in [-0.4, -0.2) is 54.6 Å². The van der Waals surface area contributed by atoms with Crippen LogP contribution in [0.3, 0.4) is 0 Å². The van der Waals surface area contributed by atoms with Crippen molar-refractivity contribution in [2.75, 3.05) is 39.3 Å². The van der Waals surface area contributed by atoms with Crippen LogP contribution in [0.4, 0.5) is 0 Å². The minimum atomic E-state index is 0.327. The lowest BCUT2D eigenvalue weighted by atomic mass is 9.80. The van der Waals surface area contributed by atoms with Gasteiger partial charge in [-0.1, -0.05) is 26.2 Å². The summed E-state index contributed by atoms with van der Waals surface area (Å²) in [6.45, 7) is 9.49. The van der Waals surface area contributed by atoms with E-state index in [1.807, 2.05) is 0 Å². The summed E-state index contributed by atoms with van der Waals surface area (Å²) in [4.78, 5) is 5.38. The fourth-order valence-electron chi connectivity index (χ4n) is 3.98. The van der Waals surface area contributed by atoms with Gasteiger partial charge in [0.25, 0.3) is 0 Å². The molecule has 3 nitrogen and oxygen atoms in total. The van der Waals surface area contributed by atoms with Crippen molar-refractivity contribution in [3.63, 3.8) is 0 Å². The fraction of sp³-hybridized carbons (Fsp3) is 1.00. The van der Waals surface area contributed by atoms with Gasteiger partial charge in [-0.05, 0) is 51.7 Å². The lowest BCUT2D eigenvalue weighted by molar-refractivity contribution is 0.0492. The third-order valence-corrected chi connectivity index (χ3v) is 5.21. The standard InChI is InChI=1S/C16H33N3/c1-2-10-19(14-13-18-11-6-7-12-18)16(15-17)8-4-3-5-9-16/h2-15,17H2,1H3. The predicted octanol–water partition coefficient (Wildman–Crippen LogP) is 2.46. The third-order valence-electron chi connectivity index (χ3n) is 5.21. The van der Waals surface area contributed by atoms with Gasteiger partial charge in [-0.2, -0.15) is 0 Å². The summed E-state index contributed by atoms with van der Waals surface area (Å²) in [7, 11) is 0. The molecule has 112 valence electrons. The highest BCUT2D eigenvalue weighted by molar-refractivity contribution is 4.94. The van der Waals surface area contributed by atoms with Crippen molar-refractivity contribution in [1.82, 2.24) is 9.80 Å². The van der Waals surface area contributed by atoms with E-state index in [-0.39, 0.29) is 0 Å². The minimum absolute atomic E-state index is 0.327. The molecule has 0 spiro atoms. The van der Waals surface area contributed by atoms with Gasteiger partial charge in [0.1, 0.15) is 0 Å². The van der Waals surface area contributed by atoms with Gasteiger partial charge in [0, 0.05) is 25.2 Å². The molecule has 2 N–H and O–H groups in total. The Bertz CT molecular complexity index is 242. The van der Waals surface area contributed by atoms with E-state index in [9.17, 15) is 0 Å². The number of likely N-dealkylation sites (tertiary alicyclic amines) is 1. The van der Waals surface area contributed by atoms with Crippen LogP contribution in [0.25, 0.3) is 0 Å². The highest BCUT2D eigenvalue weighted by Gasteiger charge is 2.36. The molecule has 19 heavy (non-hydrogen) atoms. The van der Waals surface area contributed by atoms with Crippen LogP contribution in [0.5, 0.6) is 0 Å². The zero-order valence-corrected chi connectivity index (χ0v) is 12.9. The number of rotatable bonds is 7. The topological polar surface area (TPSA) is 32.5 Å². The lowest BCUT2D eigenvalue weighted by Gasteiger charge is -2.46. The van der Waals surface area contributed by atoms with E-state index in [2.05, 4.69) is 16.7 Å². The molecule has 0 aromatic carbocycles. The van der Waals surface area contributed by atoms with Crippen LogP contribution in [0.1, 0.15) is 58.3 Å². The van der Waals surface area contributed by atoms with Crippen molar-refractivity contribution in [1.29, 1.82) is 0 Å². The van der Waals surface area contributed by atoms with Crippen molar-refractivity contribution in [3.8, 4) is 0 Å². The second-order valence-electron chi connectivity index (χ2n) is 6.52. The molecule has 2 aliphatic rings. The first-order valence-electron chi connectivity index (χ1n) is 8.48. The number of hydrogen-bond acceptors (Lipinski definition) is 3. The largest absolute Gasteiger partial charge is 0.329 e. The van der Waals surface area contributed by atoms with Crippen LogP contribution < -0.4 is 5.73 Å². The van der Waals surface area contributed by atoms with Gasteiger partial charge in [-0.3, -0.25) is 4.90 Å². The van der Waals surface area contributed by atoms with Gasteiger partial charge in [0.2, 0.25) is 0 Å². The summed E-state index contributed by atoms with van der Waals surface area (Å²) in [5, 5.41) is 0. The maximum absolute atomic E-state index is 6.20. The molecular weight excluding hydrogens is 234 g/mol. The maximum Gasteiger partial charge on any atom is 0.0332 e. The first kappa shape index (κ1) is 15.3. The minimum Gasteiger partial charge on any atom is -0.329 e. The third kappa shape index (κ3) is 3.93. The molecular formula is C16H33N3. The summed E-state index contributed by atoms with van der Waals surface area (Å²) < 4.78 is 0. The van der Waals surface area contributed by atoms with E-state index in [4.69, 9.17) is 5.73 Å². The molecule has 0 aromatic heterocycles. The maximum atomic E-state index is 6.20. The van der Waals surface area contributed by atoms with Crippen LogP contribution in [0, 0.1) is 0 Å². The zero-order chi connectivity index (χ0) is 13.6. The first-order valence-corrected chi connectivity index (χ1v) is 8.48. The van der Waals surface area contributed by atoms with Crippen LogP contribution >= 0.6 is 0 Å². The molecule has 3 heteroatoms. The van der Waals surface area contributed by atoms with E-state index in [1.54, 1.807) is 0 Å². The van der Waals surface area contributed by atoms with Gasteiger partial charge in [-0.15, -0.1) is 0 Å². The lowest BCUT2D eigenvalue weighted by Crippen LogP contribution is -2.56. The first-order chi connectivity index (χ1) is 9.30. The molecule has 1 saturated heterocycles. The molecule has 0 unspecified atom stereocenters. The molecule has 2 rings (SSSR count). The quantitative estimate of drug-likeness (QED) is 0.769. The molecule has 1 aliphatic carbocycles. The summed E-state index contributed by atoms with van der Waals surface area (Å²) in [5.74, 6) is 0. The smallest absolute Gasteiger partial charge is 0.0332 e. The van der Waals surface area contributed by atoms with Crippen LogP contribution in [0.15, 0.2) is 0 Å². The number of nitrogens with two attached hydrogens (primary N) is 1. The summed E-state index contributed by atoms with van der Waals surface area (Å²) in [6, 6.07) is 0. The second kappa shape index (κ2) is 7.61. The molecule has 0 bridgehead atoms. The molecule has 1 heterocycles. The molecule has 1 aliphatic heterocycles. The second-order valence-corrected chi connectivity index (χ2v) is 6.52. The van der Waals surface area contributed by atoms with Gasteiger partial charge in [-0.25, -0.2) is 0 Å². The fourth-order valence-corrected chi connectivity index (χ4v) is 3.98. The Hall–Kier alpha value is -0.120. The Labute approximate surface area is 119 Å². The van der Waals surface area contributed by atoms with Crippen molar-refractivity contribution in [2.45, 2.75) is 63.8 Å². The van der Waals surface area contributed by atoms with Gasteiger partial charge < -0.3 is 10.6 Å². The summed E-state index contributed by atoms with van der Waals surface area (Å²) >= 11 is 0. The van der Waals surface area contributed by atoms with Crippen molar-refractivity contribution >= 4 is 0 Å². The van der Waals surface area contributed by atoms with Crippen molar-refractivity contribution in [3.05, 3.63) is 0 Å². The van der Waals surface area contributed by atoms with Crippen LogP contribution in [0.2, 0.25) is 0 Å². The predicted molar refractivity (Wildman–Crippen MR) is 82.4 cm³/mol. The molecule has 0 atom stereocenters. The van der Waals surface area contributed by atoms with Crippen molar-refractivity contribution in [2.24, 2.45) is 5.73 Å². The van der Waals surface area contributed by atoms with Gasteiger partial charge in [0.15, 0.2) is 0 Å². The Balaban J connectivity index is 1.91. The van der Waals surface area contributed by atoms with Gasteiger partial charge in [0.05, 0.1) is 0 Å². The normalized spacial score (nSPS) is 24.2. The molecule has 0 aromatic rings. The Morgan fingerprint density at radius 3 is 2.26 bits per heavy atom. The highest BCUT2D eigenvalue weighted by Crippen LogP contribution is 2.33. The highest BCUT2D eigenvalue weighted by atomic mass is 15.2.